The monoisotopic (exact) mass is 528 g/mol. The molecule has 0 aliphatic rings. The second-order valence-electron chi connectivity index (χ2n) is 7.46. The van der Waals surface area contributed by atoms with Gasteiger partial charge in [0.1, 0.15) is 12.4 Å². The van der Waals surface area contributed by atoms with E-state index >= 15 is 0 Å². The molecule has 0 aliphatic heterocycles. The molecule has 0 radical (unpaired) electrons. The lowest BCUT2D eigenvalue weighted by atomic mass is 10.1. The van der Waals surface area contributed by atoms with E-state index in [4.69, 9.17) is 9.47 Å². The fraction of sp³-hybridized carbons (Fsp3) is 0.292. The van der Waals surface area contributed by atoms with Crippen LogP contribution in [0.5, 0.6) is 11.5 Å². The van der Waals surface area contributed by atoms with Crippen LogP contribution in [-0.2, 0) is 0 Å². The Morgan fingerprint density at radius 3 is 2.71 bits per heavy atom. The van der Waals surface area contributed by atoms with Gasteiger partial charge >= 0.3 is 5.69 Å². The molecule has 0 bridgehead atoms. The van der Waals surface area contributed by atoms with E-state index < -0.39 is 4.92 Å². The summed E-state index contributed by atoms with van der Waals surface area (Å²) < 4.78 is 13.1. The second kappa shape index (κ2) is 11.1. The van der Waals surface area contributed by atoms with Crippen LogP contribution < -0.4 is 15.0 Å². The van der Waals surface area contributed by atoms with Gasteiger partial charge in [-0.3, -0.25) is 14.9 Å². The highest BCUT2D eigenvalue weighted by atomic mass is 79.9. The molecule has 0 saturated heterocycles. The topological polar surface area (TPSA) is 109 Å². The smallest absolute Gasteiger partial charge is 0.315 e. The van der Waals surface area contributed by atoms with Crippen molar-refractivity contribution in [1.82, 2.24) is 9.66 Å². The molecule has 1 heterocycles. The quantitative estimate of drug-likeness (QED) is 0.150. The fourth-order valence-corrected chi connectivity index (χ4v) is 3.63. The highest BCUT2D eigenvalue weighted by Crippen LogP contribution is 2.38. The zero-order valence-corrected chi connectivity index (χ0v) is 20.7. The van der Waals surface area contributed by atoms with E-state index in [1.807, 2.05) is 19.9 Å². The van der Waals surface area contributed by atoms with E-state index in [2.05, 4.69) is 32.6 Å². The average molecular weight is 529 g/mol. The van der Waals surface area contributed by atoms with Crippen molar-refractivity contribution in [2.45, 2.75) is 33.1 Å². The first-order valence-corrected chi connectivity index (χ1v) is 11.5. The third-order valence-electron chi connectivity index (χ3n) is 5.11. The summed E-state index contributed by atoms with van der Waals surface area (Å²) in [6.45, 7) is 9.66. The molecule has 2 aromatic carbocycles. The Bertz CT molecular complexity index is 1320. The molecule has 1 atom stereocenters. The van der Waals surface area contributed by atoms with Gasteiger partial charge in [-0.05, 0) is 37.6 Å². The van der Waals surface area contributed by atoms with Crippen molar-refractivity contribution in [2.24, 2.45) is 5.10 Å². The summed E-state index contributed by atoms with van der Waals surface area (Å²) in [6.07, 6.45) is 3.62. The molecule has 10 heteroatoms. The Morgan fingerprint density at radius 1 is 1.29 bits per heavy atom. The molecule has 0 N–H and O–H groups in total. The van der Waals surface area contributed by atoms with Gasteiger partial charge in [0.05, 0.1) is 28.6 Å². The number of fused-ring (bicyclic) bond motifs is 1. The molecule has 0 fully saturated rings. The molecule has 9 nitrogen and oxygen atoms in total. The zero-order valence-electron chi connectivity index (χ0n) is 19.2. The minimum absolute atomic E-state index is 0.0126. The van der Waals surface area contributed by atoms with E-state index in [1.165, 1.54) is 23.0 Å². The predicted octanol–water partition coefficient (Wildman–Crippen LogP) is 5.43. The van der Waals surface area contributed by atoms with Gasteiger partial charge in [-0.25, -0.2) is 4.98 Å². The van der Waals surface area contributed by atoms with Gasteiger partial charge in [0.2, 0.25) is 5.75 Å². The van der Waals surface area contributed by atoms with Crippen LogP contribution in [-0.4, -0.2) is 34.0 Å². The SMILES string of the molecule is C=CCOc1c(OCC)cc(C=Nn2c([C@@H](C)CC)nc3ccc(Br)cc3c2=O)cc1[N+](=O)[O-]. The largest absolute Gasteiger partial charge is 0.490 e. The maximum Gasteiger partial charge on any atom is 0.315 e. The highest BCUT2D eigenvalue weighted by molar-refractivity contribution is 9.10. The maximum atomic E-state index is 13.3. The van der Waals surface area contributed by atoms with Gasteiger partial charge in [0.15, 0.2) is 5.75 Å². The van der Waals surface area contributed by atoms with E-state index in [-0.39, 0.29) is 41.9 Å². The van der Waals surface area contributed by atoms with Crippen molar-refractivity contribution in [3.8, 4) is 11.5 Å². The van der Waals surface area contributed by atoms with Crippen molar-refractivity contribution in [2.75, 3.05) is 13.2 Å². The van der Waals surface area contributed by atoms with Gasteiger partial charge in [-0.15, -0.1) is 0 Å². The molecule has 3 rings (SSSR count). The number of benzene rings is 2. The molecule has 0 spiro atoms. The lowest BCUT2D eigenvalue weighted by Crippen LogP contribution is -2.23. The van der Waals surface area contributed by atoms with Gasteiger partial charge in [0.25, 0.3) is 5.56 Å². The van der Waals surface area contributed by atoms with Crippen molar-refractivity contribution in [3.05, 3.63) is 79.3 Å². The van der Waals surface area contributed by atoms with Crippen LogP contribution in [0, 0.1) is 10.1 Å². The van der Waals surface area contributed by atoms with Gasteiger partial charge in [-0.1, -0.05) is 42.4 Å². The minimum atomic E-state index is -0.551. The Balaban J connectivity index is 2.18. The van der Waals surface area contributed by atoms with E-state index in [0.717, 1.165) is 10.9 Å². The van der Waals surface area contributed by atoms with E-state index in [0.29, 0.717) is 22.3 Å². The van der Waals surface area contributed by atoms with Crippen molar-refractivity contribution < 1.29 is 14.4 Å². The first-order valence-electron chi connectivity index (χ1n) is 10.8. The van der Waals surface area contributed by atoms with Gasteiger partial charge in [-0.2, -0.15) is 9.78 Å². The maximum absolute atomic E-state index is 13.3. The first kappa shape index (κ1) is 25.1. The molecular weight excluding hydrogens is 504 g/mol. The molecule has 1 aromatic heterocycles. The molecule has 178 valence electrons. The van der Waals surface area contributed by atoms with E-state index in [1.54, 1.807) is 25.1 Å². The Kier molecular flexibility index (Phi) is 8.17. The van der Waals surface area contributed by atoms with Gasteiger partial charge in [0, 0.05) is 22.0 Å². The third kappa shape index (κ3) is 5.33. The van der Waals surface area contributed by atoms with Crippen LogP contribution in [0.3, 0.4) is 0 Å². The number of ether oxygens (including phenoxy) is 2. The lowest BCUT2D eigenvalue weighted by Gasteiger charge is -2.14. The molecular formula is C24H25BrN4O5. The summed E-state index contributed by atoms with van der Waals surface area (Å²) in [5, 5.41) is 16.5. The summed E-state index contributed by atoms with van der Waals surface area (Å²) in [6, 6.07) is 8.20. The molecule has 0 amide bonds. The minimum Gasteiger partial charge on any atom is -0.490 e. The predicted molar refractivity (Wildman–Crippen MR) is 135 cm³/mol. The normalized spacial score (nSPS) is 12.1. The van der Waals surface area contributed by atoms with Crippen LogP contribution in [0.4, 0.5) is 5.69 Å². The first-order chi connectivity index (χ1) is 16.3. The van der Waals surface area contributed by atoms with Crippen LogP contribution >= 0.6 is 15.9 Å². The fourth-order valence-electron chi connectivity index (χ4n) is 3.27. The number of aromatic nitrogens is 2. The van der Waals surface area contributed by atoms with Crippen LogP contribution in [0.1, 0.15) is 44.5 Å². The second-order valence-corrected chi connectivity index (χ2v) is 8.38. The van der Waals surface area contributed by atoms with Crippen molar-refractivity contribution >= 4 is 38.7 Å². The summed E-state index contributed by atoms with van der Waals surface area (Å²) in [7, 11) is 0. The third-order valence-corrected chi connectivity index (χ3v) is 5.60. The number of nitro benzene ring substituents is 1. The molecule has 34 heavy (non-hydrogen) atoms. The zero-order chi connectivity index (χ0) is 24.8. The Labute approximate surface area is 205 Å². The summed E-state index contributed by atoms with van der Waals surface area (Å²) >= 11 is 3.39. The molecule has 3 aromatic rings. The summed E-state index contributed by atoms with van der Waals surface area (Å²) in [5.41, 5.74) is 0.345. The number of nitrogens with zero attached hydrogens (tertiary/aromatic N) is 4. The van der Waals surface area contributed by atoms with Crippen LogP contribution in [0.2, 0.25) is 0 Å². The average Bonchev–Trinajstić information content (AvgIpc) is 2.82. The van der Waals surface area contributed by atoms with Crippen molar-refractivity contribution in [1.29, 1.82) is 0 Å². The van der Waals surface area contributed by atoms with Crippen LogP contribution in [0.15, 0.2) is 57.4 Å². The molecule has 0 unspecified atom stereocenters. The van der Waals surface area contributed by atoms with E-state index in [9.17, 15) is 14.9 Å². The molecule has 0 aliphatic carbocycles. The number of halogens is 1. The number of hydrogen-bond donors (Lipinski definition) is 0. The number of hydrogen-bond acceptors (Lipinski definition) is 7. The summed E-state index contributed by atoms with van der Waals surface area (Å²) in [5.74, 6) is 0.679. The summed E-state index contributed by atoms with van der Waals surface area (Å²) in [4.78, 5) is 29.1. The highest BCUT2D eigenvalue weighted by Gasteiger charge is 2.22. The van der Waals surface area contributed by atoms with Crippen LogP contribution in [0.25, 0.3) is 10.9 Å². The number of nitro groups is 1. The molecule has 0 saturated carbocycles. The lowest BCUT2D eigenvalue weighted by molar-refractivity contribution is -0.385. The van der Waals surface area contributed by atoms with Crippen molar-refractivity contribution in [3.63, 3.8) is 0 Å². The van der Waals surface area contributed by atoms with Gasteiger partial charge < -0.3 is 9.47 Å². The standard InChI is InChI=1S/C24H25BrN4O5/c1-5-10-34-22-20(29(31)32)11-16(12-21(22)33-7-3)14-26-28-23(15(4)6-2)27-19-9-8-17(25)13-18(19)24(28)30/h5,8-9,11-15H,1,6-7,10H2,2-4H3/t15-/m0/s1. The Morgan fingerprint density at radius 2 is 2.06 bits per heavy atom. The Hall–Kier alpha value is -3.53. The number of rotatable bonds is 10.